The molecule has 10 fully saturated rings. The third-order valence-electron chi connectivity index (χ3n) is 11.5. The first-order valence-corrected chi connectivity index (χ1v) is 10.7. The first-order valence-electron chi connectivity index (χ1n) is 10.7. The molecule has 0 unspecified atom stereocenters. The number of hydrogen-bond donors (Lipinski definition) is 0. The van der Waals surface area contributed by atoms with Crippen molar-refractivity contribution in [2.45, 2.75) is 43.7 Å². The van der Waals surface area contributed by atoms with E-state index in [1.165, 1.54) is 25.7 Å². The molecule has 8 aliphatic carbocycles. The molecule has 15 atom stereocenters. The molecular weight excluding hydrogens is 316 g/mol. The number of rotatable bonds is 1. The quantitative estimate of drug-likeness (QED) is 0.686. The lowest BCUT2D eigenvalue weighted by molar-refractivity contribution is -0.420. The Morgan fingerprint density at radius 2 is 1.48 bits per heavy atom. The van der Waals surface area contributed by atoms with Crippen molar-refractivity contribution < 1.29 is 19.0 Å². The highest BCUT2D eigenvalue weighted by atomic mass is 16.7. The number of carbonyl (C=O) groups excluding carboxylic acids is 1. The van der Waals surface area contributed by atoms with Crippen molar-refractivity contribution in [1.29, 1.82) is 0 Å². The molecule has 10 aliphatic rings. The minimum absolute atomic E-state index is 0.0381. The van der Waals surface area contributed by atoms with Gasteiger partial charge in [0.15, 0.2) is 5.79 Å². The summed E-state index contributed by atoms with van der Waals surface area (Å²) in [6.45, 7) is 0. The maximum atomic E-state index is 13.6. The van der Waals surface area contributed by atoms with E-state index in [1.807, 2.05) is 0 Å². The Kier molecular flexibility index (Phi) is 1.64. The van der Waals surface area contributed by atoms with E-state index in [-0.39, 0.29) is 5.97 Å². The van der Waals surface area contributed by atoms with Crippen LogP contribution in [0.2, 0.25) is 0 Å². The van der Waals surface area contributed by atoms with Gasteiger partial charge in [-0.15, -0.1) is 0 Å². The predicted molar refractivity (Wildman–Crippen MR) is 83.8 cm³/mol. The van der Waals surface area contributed by atoms with Crippen LogP contribution in [0.4, 0.5) is 0 Å². The van der Waals surface area contributed by atoms with E-state index >= 15 is 0 Å². The highest BCUT2D eigenvalue weighted by Crippen LogP contribution is 2.94. The summed E-state index contributed by atoms with van der Waals surface area (Å²) in [6.07, 6.45) is 5.71. The van der Waals surface area contributed by atoms with Crippen molar-refractivity contribution in [1.82, 2.24) is 0 Å². The maximum Gasteiger partial charge on any atom is 0.317 e. The van der Waals surface area contributed by atoms with Gasteiger partial charge in [0.2, 0.25) is 0 Å². The van der Waals surface area contributed by atoms with E-state index in [2.05, 4.69) is 0 Å². The molecule has 2 saturated heterocycles. The molecule has 9 bridgehead atoms. The summed E-state index contributed by atoms with van der Waals surface area (Å²) in [5.74, 6) is 6.98. The van der Waals surface area contributed by atoms with Gasteiger partial charge in [-0.25, -0.2) is 0 Å². The number of carbonyl (C=O) groups is 1. The van der Waals surface area contributed by atoms with Crippen molar-refractivity contribution in [2.75, 3.05) is 7.11 Å². The van der Waals surface area contributed by atoms with Gasteiger partial charge in [-0.3, -0.25) is 4.79 Å². The fourth-order valence-corrected chi connectivity index (χ4v) is 12.1. The van der Waals surface area contributed by atoms with Gasteiger partial charge in [-0.2, -0.15) is 0 Å². The van der Waals surface area contributed by atoms with E-state index in [0.717, 1.165) is 35.5 Å². The lowest BCUT2D eigenvalue weighted by atomic mass is 9.51. The molecule has 0 amide bonds. The fourth-order valence-electron chi connectivity index (χ4n) is 12.1. The molecule has 0 N–H and O–H groups in total. The van der Waals surface area contributed by atoms with Gasteiger partial charge in [-0.1, -0.05) is 0 Å². The first-order chi connectivity index (χ1) is 12.3. The average Bonchev–Trinajstić information content (AvgIpc) is 3.32. The van der Waals surface area contributed by atoms with Crippen molar-refractivity contribution in [2.24, 2.45) is 70.5 Å². The third kappa shape index (κ3) is 0.818. The molecule has 0 aromatic carbocycles. The molecule has 0 aromatic heterocycles. The first kappa shape index (κ1) is 12.7. The van der Waals surface area contributed by atoms with Crippen LogP contribution in [0.15, 0.2) is 0 Å². The standard InChI is InChI=1S/C21H24O4/c1-23-19(22)20-16-7-3-5-8-10(7)13-15(16)14-12-6-2-4-9(11(6)17(14)20)25-21(20,24-8)18(12)13/h6-18H,2-5H2,1H3/t6-,7+,8-,9+,10+,11+,12-,13+,14-,15+,16-,17+,18-,20-,21-/m0/s1. The van der Waals surface area contributed by atoms with Gasteiger partial charge in [-0.05, 0) is 84.9 Å². The SMILES string of the molecule is COC(=O)[C@]12[C@H]3[C@@H]4[C@H]5[C@H]6[C@@H]7[C@@H](CC[C@@H]7O[C@@]17O[C@@H]1CC[C@H]([C@@H]4[C@@H]67)[C@@H]31)[C@@H]52. The minimum atomic E-state index is -0.610. The zero-order valence-electron chi connectivity index (χ0n) is 14.5. The topological polar surface area (TPSA) is 44.8 Å². The van der Waals surface area contributed by atoms with Crippen LogP contribution < -0.4 is 0 Å². The highest BCUT2D eigenvalue weighted by molar-refractivity contribution is 5.82. The van der Waals surface area contributed by atoms with Gasteiger partial charge in [0.05, 0.1) is 19.3 Å². The van der Waals surface area contributed by atoms with Gasteiger partial charge < -0.3 is 14.2 Å². The lowest BCUT2D eigenvalue weighted by Crippen LogP contribution is -2.75. The lowest BCUT2D eigenvalue weighted by Gasteiger charge is -2.64. The smallest absolute Gasteiger partial charge is 0.317 e. The molecular formula is C21H24O4. The molecule has 1 spiro atoms. The largest absolute Gasteiger partial charge is 0.468 e. The van der Waals surface area contributed by atoms with E-state index in [1.54, 1.807) is 7.11 Å². The molecule has 0 radical (unpaired) electrons. The highest BCUT2D eigenvalue weighted by Gasteiger charge is 2.99. The van der Waals surface area contributed by atoms with Gasteiger partial charge >= 0.3 is 5.97 Å². The predicted octanol–water partition coefficient (Wildman–Crippen LogP) is 2.07. The normalized spacial score (nSPS) is 78.5. The van der Waals surface area contributed by atoms with Crippen molar-refractivity contribution in [3.05, 3.63) is 0 Å². The number of hydrogen-bond acceptors (Lipinski definition) is 4. The molecule has 8 saturated carbocycles. The third-order valence-corrected chi connectivity index (χ3v) is 11.5. The van der Waals surface area contributed by atoms with Gasteiger partial charge in [0, 0.05) is 5.92 Å². The summed E-state index contributed by atoms with van der Waals surface area (Å²) in [6, 6.07) is 0. The monoisotopic (exact) mass is 340 g/mol. The summed E-state index contributed by atoms with van der Waals surface area (Å²) < 4.78 is 19.6. The molecule has 132 valence electrons. The summed E-state index contributed by atoms with van der Waals surface area (Å²) in [5, 5.41) is 0. The zero-order chi connectivity index (χ0) is 16.0. The Balaban J connectivity index is 1.45. The van der Waals surface area contributed by atoms with Crippen molar-refractivity contribution >= 4 is 5.97 Å². The number of esters is 1. The number of ether oxygens (including phenoxy) is 3. The van der Waals surface area contributed by atoms with Crippen molar-refractivity contribution in [3.8, 4) is 0 Å². The molecule has 4 heteroatoms. The van der Waals surface area contributed by atoms with Crippen LogP contribution in [0.1, 0.15) is 25.7 Å². The zero-order valence-corrected chi connectivity index (χ0v) is 14.5. The maximum absolute atomic E-state index is 13.6. The van der Waals surface area contributed by atoms with E-state index in [9.17, 15) is 4.79 Å². The van der Waals surface area contributed by atoms with Gasteiger partial charge in [0.25, 0.3) is 0 Å². The second kappa shape index (κ2) is 3.22. The van der Waals surface area contributed by atoms with E-state index in [4.69, 9.17) is 14.2 Å². The molecule has 0 aromatic rings. The Morgan fingerprint density at radius 1 is 0.800 bits per heavy atom. The second-order valence-corrected chi connectivity index (χ2v) is 10.9. The molecule has 25 heavy (non-hydrogen) atoms. The van der Waals surface area contributed by atoms with E-state index in [0.29, 0.717) is 41.8 Å². The van der Waals surface area contributed by atoms with Crippen LogP contribution in [0, 0.1) is 70.5 Å². The van der Waals surface area contributed by atoms with Crippen LogP contribution in [0.5, 0.6) is 0 Å². The molecule has 4 nitrogen and oxygen atoms in total. The Morgan fingerprint density at radius 3 is 2.28 bits per heavy atom. The minimum Gasteiger partial charge on any atom is -0.468 e. The Bertz CT molecular complexity index is 772. The Labute approximate surface area is 146 Å². The van der Waals surface area contributed by atoms with Crippen LogP contribution >= 0.6 is 0 Å². The second-order valence-electron chi connectivity index (χ2n) is 10.9. The van der Waals surface area contributed by atoms with Crippen molar-refractivity contribution in [3.63, 3.8) is 0 Å². The summed E-state index contributed by atoms with van der Waals surface area (Å²) in [7, 11) is 1.60. The summed E-state index contributed by atoms with van der Waals surface area (Å²) >= 11 is 0. The van der Waals surface area contributed by atoms with Crippen LogP contribution in [0.3, 0.4) is 0 Å². The summed E-state index contributed by atoms with van der Waals surface area (Å²) in [4.78, 5) is 13.6. The van der Waals surface area contributed by atoms with Gasteiger partial charge in [0.1, 0.15) is 5.41 Å². The molecule has 2 heterocycles. The van der Waals surface area contributed by atoms with Crippen LogP contribution in [-0.2, 0) is 19.0 Å². The summed E-state index contributed by atoms with van der Waals surface area (Å²) in [5.41, 5.74) is -0.455. The Hall–Kier alpha value is -0.610. The fraction of sp³-hybridized carbons (Fsp3) is 0.952. The number of methoxy groups -OCH3 is 1. The van der Waals surface area contributed by atoms with E-state index < -0.39 is 11.2 Å². The molecule has 2 aliphatic heterocycles. The van der Waals surface area contributed by atoms with Crippen LogP contribution in [-0.4, -0.2) is 31.1 Å². The van der Waals surface area contributed by atoms with Crippen LogP contribution in [0.25, 0.3) is 0 Å². The molecule has 10 rings (SSSR count). The average molecular weight is 340 g/mol.